The van der Waals surface area contributed by atoms with Gasteiger partial charge in [0.2, 0.25) is 0 Å². The number of benzene rings is 2. The Morgan fingerprint density at radius 1 is 0.972 bits per heavy atom. The largest absolute Gasteiger partial charge is 0.478 e. The van der Waals surface area contributed by atoms with E-state index in [-0.39, 0.29) is 33.9 Å². The van der Waals surface area contributed by atoms with Crippen LogP contribution in [-0.2, 0) is 16.6 Å². The zero-order valence-electron chi connectivity index (χ0n) is 18.9. The average molecular weight is 528 g/mol. The summed E-state index contributed by atoms with van der Waals surface area (Å²) in [4.78, 5) is 39.3. The van der Waals surface area contributed by atoms with Crippen LogP contribution < -0.4 is 10.3 Å². The van der Waals surface area contributed by atoms with E-state index in [0.29, 0.717) is 30.2 Å². The molecular formula is C25H22ClN3O6S. The number of fused-ring (bicyclic) bond motifs is 4. The van der Waals surface area contributed by atoms with E-state index in [1.807, 2.05) is 0 Å². The lowest BCUT2D eigenvalue weighted by Gasteiger charge is -2.43. The van der Waals surface area contributed by atoms with Crippen LogP contribution >= 0.6 is 11.6 Å². The molecule has 11 heteroatoms. The molecular weight excluding hydrogens is 506 g/mol. The number of anilines is 1. The quantitative estimate of drug-likeness (QED) is 0.524. The van der Waals surface area contributed by atoms with Crippen molar-refractivity contribution < 1.29 is 23.1 Å². The van der Waals surface area contributed by atoms with Crippen LogP contribution in [0.1, 0.15) is 38.7 Å². The highest BCUT2D eigenvalue weighted by Crippen LogP contribution is 2.36. The summed E-state index contributed by atoms with van der Waals surface area (Å²) in [5, 5.41) is 9.63. The molecule has 3 aromatic rings. The molecule has 186 valence electrons. The lowest BCUT2D eigenvalue weighted by atomic mass is 9.83. The molecule has 3 heterocycles. The fourth-order valence-corrected chi connectivity index (χ4v) is 6.16. The van der Waals surface area contributed by atoms with Gasteiger partial charge in [-0.15, -0.1) is 0 Å². The second-order valence-corrected chi connectivity index (χ2v) is 11.2. The number of carbonyl (C=O) groups is 2. The van der Waals surface area contributed by atoms with Gasteiger partial charge in [0.25, 0.3) is 21.5 Å². The van der Waals surface area contributed by atoms with Gasteiger partial charge >= 0.3 is 5.97 Å². The molecule has 9 nitrogen and oxygen atoms in total. The fourth-order valence-electron chi connectivity index (χ4n) is 4.97. The average Bonchev–Trinajstić information content (AvgIpc) is 2.85. The molecule has 1 aromatic heterocycles. The smallest absolute Gasteiger partial charge is 0.335 e. The van der Waals surface area contributed by atoms with Crippen molar-refractivity contribution in [3.05, 3.63) is 92.9 Å². The van der Waals surface area contributed by atoms with Gasteiger partial charge in [-0.2, -0.15) is 0 Å². The van der Waals surface area contributed by atoms with E-state index in [0.717, 1.165) is 12.1 Å². The van der Waals surface area contributed by atoms with E-state index in [1.54, 1.807) is 27.7 Å². The first-order valence-corrected chi connectivity index (χ1v) is 13.1. The molecule has 0 radical (unpaired) electrons. The number of nitrogens with one attached hydrogen (secondary N) is 1. The van der Waals surface area contributed by atoms with Gasteiger partial charge < -0.3 is 14.6 Å². The summed E-state index contributed by atoms with van der Waals surface area (Å²) in [7, 11) is -3.97. The normalized spacial score (nSPS) is 18.9. The predicted molar refractivity (Wildman–Crippen MR) is 133 cm³/mol. The van der Waals surface area contributed by atoms with Crippen molar-refractivity contribution >= 4 is 39.2 Å². The number of pyridine rings is 1. The van der Waals surface area contributed by atoms with Gasteiger partial charge in [-0.3, -0.25) is 14.3 Å². The minimum Gasteiger partial charge on any atom is -0.478 e. The summed E-state index contributed by atoms with van der Waals surface area (Å²) >= 11 is 5.84. The van der Waals surface area contributed by atoms with Crippen molar-refractivity contribution in [2.75, 3.05) is 17.8 Å². The van der Waals surface area contributed by atoms with E-state index in [2.05, 4.69) is 4.72 Å². The maximum absolute atomic E-state index is 13.2. The molecule has 1 amide bonds. The minimum atomic E-state index is -3.97. The Kier molecular flexibility index (Phi) is 6.09. The second-order valence-electron chi connectivity index (χ2n) is 9.04. The van der Waals surface area contributed by atoms with E-state index < -0.39 is 21.6 Å². The highest BCUT2D eigenvalue weighted by molar-refractivity contribution is 7.92. The number of nitrogens with zero attached hydrogens (tertiary/aromatic N) is 2. The Bertz CT molecular complexity index is 1530. The van der Waals surface area contributed by atoms with E-state index in [9.17, 15) is 27.9 Å². The van der Waals surface area contributed by atoms with Crippen LogP contribution in [0, 0.1) is 5.92 Å². The maximum Gasteiger partial charge on any atom is 0.335 e. The molecule has 5 rings (SSSR count). The number of carboxylic acid groups (broad SMARTS) is 1. The molecule has 2 aromatic carbocycles. The van der Waals surface area contributed by atoms with Crippen molar-refractivity contribution in [2.24, 2.45) is 5.92 Å². The van der Waals surface area contributed by atoms with E-state index in [1.165, 1.54) is 42.5 Å². The highest BCUT2D eigenvalue weighted by Gasteiger charge is 2.37. The molecule has 2 atom stereocenters. The molecule has 2 N–H and O–H groups in total. The number of aromatic carboxylic acids is 1. The van der Waals surface area contributed by atoms with Gasteiger partial charge in [0.1, 0.15) is 5.69 Å². The third kappa shape index (κ3) is 4.49. The number of hydrogen-bond donors (Lipinski definition) is 2. The lowest BCUT2D eigenvalue weighted by Crippen LogP contribution is -2.49. The zero-order chi connectivity index (χ0) is 25.6. The topological polar surface area (TPSA) is 126 Å². The SMILES string of the molecule is O=C(O)c1cccc(C(=O)N2CC3CC(C2)c2ccc(NS(=O)(=O)c4ccc(Cl)cc4)c(=O)n2C3)c1. The van der Waals surface area contributed by atoms with Gasteiger partial charge in [-0.1, -0.05) is 17.7 Å². The number of halogens is 1. The first-order chi connectivity index (χ1) is 17.1. The molecule has 2 aliphatic rings. The van der Waals surface area contributed by atoms with Crippen LogP contribution in [-0.4, -0.2) is 48.0 Å². The van der Waals surface area contributed by atoms with Crippen LogP contribution in [0.2, 0.25) is 5.02 Å². The van der Waals surface area contributed by atoms with E-state index in [4.69, 9.17) is 11.6 Å². The summed E-state index contributed by atoms with van der Waals surface area (Å²) in [6, 6.07) is 14.8. The first-order valence-electron chi connectivity index (χ1n) is 11.3. The van der Waals surface area contributed by atoms with Crippen LogP contribution in [0.25, 0.3) is 0 Å². The van der Waals surface area contributed by atoms with Crippen molar-refractivity contribution in [2.45, 2.75) is 23.8 Å². The molecule has 2 bridgehead atoms. The van der Waals surface area contributed by atoms with Gasteiger partial charge in [0.15, 0.2) is 0 Å². The van der Waals surface area contributed by atoms with Gasteiger partial charge in [-0.25, -0.2) is 13.2 Å². The maximum atomic E-state index is 13.2. The first kappa shape index (κ1) is 24.1. The Labute approximate surface area is 212 Å². The molecule has 1 fully saturated rings. The monoisotopic (exact) mass is 527 g/mol. The van der Waals surface area contributed by atoms with Crippen molar-refractivity contribution in [1.82, 2.24) is 9.47 Å². The number of amides is 1. The van der Waals surface area contributed by atoms with Crippen LogP contribution in [0.15, 0.2) is 70.4 Å². The zero-order valence-corrected chi connectivity index (χ0v) is 20.5. The number of hydrogen-bond acceptors (Lipinski definition) is 5. The molecule has 2 unspecified atom stereocenters. The van der Waals surface area contributed by atoms with Gasteiger partial charge in [0, 0.05) is 41.8 Å². The van der Waals surface area contributed by atoms with E-state index >= 15 is 0 Å². The number of rotatable bonds is 5. The van der Waals surface area contributed by atoms with Crippen molar-refractivity contribution in [1.29, 1.82) is 0 Å². The Hall–Kier alpha value is -3.63. The predicted octanol–water partition coefficient (Wildman–Crippen LogP) is 3.26. The Morgan fingerprint density at radius 2 is 1.69 bits per heavy atom. The molecule has 0 aliphatic carbocycles. The van der Waals surface area contributed by atoms with Gasteiger partial charge in [0.05, 0.1) is 10.5 Å². The number of carboxylic acids is 1. The Morgan fingerprint density at radius 3 is 2.42 bits per heavy atom. The molecule has 1 saturated heterocycles. The fraction of sp³-hybridized carbons (Fsp3) is 0.240. The van der Waals surface area contributed by atoms with Crippen LogP contribution in [0.5, 0.6) is 0 Å². The number of likely N-dealkylation sites (tertiary alicyclic amines) is 1. The molecule has 36 heavy (non-hydrogen) atoms. The third-order valence-corrected chi connectivity index (χ3v) is 8.25. The summed E-state index contributed by atoms with van der Waals surface area (Å²) in [5.41, 5.74) is 0.603. The molecule has 0 spiro atoms. The summed E-state index contributed by atoms with van der Waals surface area (Å²) in [6.45, 7) is 1.14. The van der Waals surface area contributed by atoms with Crippen LogP contribution in [0.3, 0.4) is 0 Å². The molecule has 2 aliphatic heterocycles. The second kappa shape index (κ2) is 9.11. The number of piperidine rings is 1. The van der Waals surface area contributed by atoms with Crippen molar-refractivity contribution in [3.8, 4) is 0 Å². The number of sulfonamides is 1. The van der Waals surface area contributed by atoms with Crippen molar-refractivity contribution in [3.63, 3.8) is 0 Å². The number of carbonyl (C=O) groups excluding carboxylic acids is 1. The van der Waals surface area contributed by atoms with Gasteiger partial charge in [-0.05, 0) is 66.9 Å². The Balaban J connectivity index is 1.39. The lowest BCUT2D eigenvalue weighted by molar-refractivity contribution is 0.0594. The molecule has 0 saturated carbocycles. The van der Waals surface area contributed by atoms with Crippen LogP contribution in [0.4, 0.5) is 5.69 Å². The minimum absolute atomic E-state index is 0.00341. The summed E-state index contributed by atoms with van der Waals surface area (Å²) in [6.07, 6.45) is 0.800. The highest BCUT2D eigenvalue weighted by atomic mass is 35.5. The number of aromatic nitrogens is 1. The summed E-state index contributed by atoms with van der Waals surface area (Å²) < 4.78 is 29.5. The summed E-state index contributed by atoms with van der Waals surface area (Å²) in [5.74, 6) is -1.45. The standard InChI is InChI=1S/C25H22ClN3O6S/c26-19-4-6-20(7-5-19)36(34,35)27-21-8-9-22-18-10-15(13-29(22)24(21)31)12-28(14-18)23(30)16-2-1-3-17(11-16)25(32)33/h1-9,11,15,18,27H,10,12-14H2,(H,32,33). The third-order valence-electron chi connectivity index (χ3n) is 6.62.